The third kappa shape index (κ3) is 3.05. The highest BCUT2D eigenvalue weighted by Gasteiger charge is 2.47. The van der Waals surface area contributed by atoms with Crippen LogP contribution in [0.4, 0.5) is 0 Å². The van der Waals surface area contributed by atoms with E-state index in [9.17, 15) is 5.11 Å². The number of benzene rings is 4. The fourth-order valence-corrected chi connectivity index (χ4v) is 7.92. The van der Waals surface area contributed by atoms with Gasteiger partial charge in [-0.25, -0.2) is 0 Å². The molecule has 27 heavy (non-hydrogen) atoms. The fourth-order valence-electron chi connectivity index (χ4n) is 3.66. The molecule has 2 heteroatoms. The number of phenols is 1. The maximum absolute atomic E-state index is 10.5. The zero-order chi connectivity index (χ0) is 18.7. The molecule has 0 saturated carbocycles. The van der Waals surface area contributed by atoms with Crippen LogP contribution >= 0.6 is 7.26 Å². The van der Waals surface area contributed by atoms with Crippen molar-refractivity contribution in [3.8, 4) is 5.75 Å². The zero-order valence-electron chi connectivity index (χ0n) is 15.3. The molecule has 0 unspecified atom stereocenters. The maximum atomic E-state index is 10.5. The van der Waals surface area contributed by atoms with Crippen molar-refractivity contribution in [3.05, 3.63) is 115 Å². The number of aromatic hydroxyl groups is 1. The number of phenolic OH excluding ortho intramolecular Hbond substituents is 1. The van der Waals surface area contributed by atoms with Gasteiger partial charge in [0, 0.05) is 6.07 Å². The first-order chi connectivity index (χ1) is 13.2. The maximum Gasteiger partial charge on any atom is 0.144 e. The van der Waals surface area contributed by atoms with Gasteiger partial charge in [0.1, 0.15) is 34.2 Å². The molecule has 1 nitrogen and oxygen atoms in total. The van der Waals surface area contributed by atoms with Crippen molar-refractivity contribution < 1.29 is 5.11 Å². The smallest absolute Gasteiger partial charge is 0.144 e. The lowest BCUT2D eigenvalue weighted by Gasteiger charge is -2.27. The standard InChI is InChI=1S/C25H21OP/c1-20-17-18-24(19-25(20)26)27(21-11-5-2-6-12-21,22-13-7-3-8-14-22)23-15-9-4-10-16-23/h2-19H,1H3/p+1. The SMILES string of the molecule is Cc1ccc([P+](c2ccccc2)(c2ccccc2)c2ccccc2)cc1O. The van der Waals surface area contributed by atoms with Crippen molar-refractivity contribution >= 4 is 28.5 Å². The minimum absolute atomic E-state index is 0.347. The molecule has 0 aliphatic carbocycles. The predicted octanol–water partition coefficient (Wildman–Crippen LogP) is 4.32. The zero-order valence-corrected chi connectivity index (χ0v) is 16.2. The first kappa shape index (κ1) is 17.5. The Morgan fingerprint density at radius 2 is 0.926 bits per heavy atom. The van der Waals surface area contributed by atoms with Crippen LogP contribution in [0.2, 0.25) is 0 Å². The van der Waals surface area contributed by atoms with Crippen molar-refractivity contribution in [2.45, 2.75) is 6.92 Å². The summed E-state index contributed by atoms with van der Waals surface area (Å²) < 4.78 is 0. The van der Waals surface area contributed by atoms with Gasteiger partial charge in [-0.15, -0.1) is 0 Å². The Labute approximate surface area is 161 Å². The summed E-state index contributed by atoms with van der Waals surface area (Å²) in [5.41, 5.74) is 0.894. The minimum Gasteiger partial charge on any atom is -0.508 e. The molecule has 0 saturated heterocycles. The molecule has 4 aromatic carbocycles. The highest BCUT2D eigenvalue weighted by atomic mass is 31.2. The molecule has 0 aliphatic rings. The van der Waals surface area contributed by atoms with Crippen molar-refractivity contribution in [1.29, 1.82) is 0 Å². The molecule has 132 valence electrons. The molecule has 0 amide bonds. The van der Waals surface area contributed by atoms with E-state index in [1.165, 1.54) is 15.9 Å². The number of aryl methyl sites for hydroxylation is 1. The summed E-state index contributed by atoms with van der Waals surface area (Å²) in [4.78, 5) is 0. The Morgan fingerprint density at radius 3 is 1.30 bits per heavy atom. The van der Waals surface area contributed by atoms with Crippen LogP contribution in [0, 0.1) is 6.92 Å². The average molecular weight is 369 g/mol. The molecule has 0 atom stereocenters. The van der Waals surface area contributed by atoms with E-state index in [1.54, 1.807) is 0 Å². The van der Waals surface area contributed by atoms with Gasteiger partial charge in [-0.2, -0.15) is 0 Å². The quantitative estimate of drug-likeness (QED) is 0.531. The Kier molecular flexibility index (Phi) is 4.79. The van der Waals surface area contributed by atoms with Crippen LogP contribution < -0.4 is 21.2 Å². The number of hydrogen-bond acceptors (Lipinski definition) is 1. The van der Waals surface area contributed by atoms with E-state index in [0.717, 1.165) is 10.9 Å². The van der Waals surface area contributed by atoms with Crippen LogP contribution in [0.15, 0.2) is 109 Å². The van der Waals surface area contributed by atoms with Gasteiger partial charge in [0.2, 0.25) is 0 Å². The second kappa shape index (κ2) is 7.39. The molecule has 1 N–H and O–H groups in total. The van der Waals surface area contributed by atoms with Crippen molar-refractivity contribution in [2.24, 2.45) is 0 Å². The summed E-state index contributed by atoms with van der Waals surface area (Å²) in [5.74, 6) is 0.347. The third-order valence-electron chi connectivity index (χ3n) is 5.01. The second-order valence-corrected chi connectivity index (χ2v) is 10.1. The number of rotatable bonds is 4. The van der Waals surface area contributed by atoms with E-state index in [2.05, 4.69) is 97.1 Å². The summed E-state index contributed by atoms with van der Waals surface area (Å²) in [7, 11) is -2.11. The summed E-state index contributed by atoms with van der Waals surface area (Å²) in [6, 6.07) is 38.2. The third-order valence-corrected chi connectivity index (χ3v) is 9.28. The molecule has 4 aromatic rings. The van der Waals surface area contributed by atoms with E-state index in [0.29, 0.717) is 5.75 Å². The monoisotopic (exact) mass is 369 g/mol. The Morgan fingerprint density at radius 1 is 0.519 bits per heavy atom. The van der Waals surface area contributed by atoms with Crippen LogP contribution in [0.25, 0.3) is 0 Å². The summed E-state index contributed by atoms with van der Waals surface area (Å²) in [6.07, 6.45) is 0. The van der Waals surface area contributed by atoms with Crippen LogP contribution in [-0.4, -0.2) is 5.11 Å². The Balaban J connectivity index is 2.14. The molecule has 0 radical (unpaired) electrons. The average Bonchev–Trinajstić information content (AvgIpc) is 2.74. The van der Waals surface area contributed by atoms with E-state index in [1.807, 2.05) is 19.1 Å². The summed E-state index contributed by atoms with van der Waals surface area (Å²) >= 11 is 0. The van der Waals surface area contributed by atoms with Crippen LogP contribution in [0.5, 0.6) is 5.75 Å². The van der Waals surface area contributed by atoms with Gasteiger partial charge in [0.05, 0.1) is 0 Å². The lowest BCUT2D eigenvalue weighted by molar-refractivity contribution is 0.471. The Hall–Kier alpha value is -2.89. The first-order valence-electron chi connectivity index (χ1n) is 9.09. The van der Waals surface area contributed by atoms with Gasteiger partial charge in [0.15, 0.2) is 0 Å². The van der Waals surface area contributed by atoms with Gasteiger partial charge >= 0.3 is 0 Å². The highest BCUT2D eigenvalue weighted by Crippen LogP contribution is 2.54. The molecule has 0 heterocycles. The topological polar surface area (TPSA) is 20.2 Å². The predicted molar refractivity (Wildman–Crippen MR) is 118 cm³/mol. The molecule has 4 rings (SSSR count). The van der Waals surface area contributed by atoms with Crippen LogP contribution in [-0.2, 0) is 0 Å². The Bertz CT molecular complexity index is 931. The molecule has 0 aliphatic heterocycles. The summed E-state index contributed by atoms with van der Waals surface area (Å²) in [5, 5.41) is 15.5. The van der Waals surface area contributed by atoms with Crippen molar-refractivity contribution in [2.75, 3.05) is 0 Å². The lowest BCUT2D eigenvalue weighted by Crippen LogP contribution is -2.38. The van der Waals surface area contributed by atoms with Gasteiger partial charge in [-0.1, -0.05) is 60.7 Å². The van der Waals surface area contributed by atoms with Gasteiger partial charge in [0.25, 0.3) is 0 Å². The molecule has 0 aromatic heterocycles. The normalized spacial score (nSPS) is 11.3. The number of hydrogen-bond donors (Lipinski definition) is 1. The van der Waals surface area contributed by atoms with Gasteiger partial charge in [-0.3, -0.25) is 0 Å². The largest absolute Gasteiger partial charge is 0.508 e. The van der Waals surface area contributed by atoms with Gasteiger partial charge < -0.3 is 5.11 Å². The van der Waals surface area contributed by atoms with Crippen LogP contribution in [0.3, 0.4) is 0 Å². The fraction of sp³-hybridized carbons (Fsp3) is 0.0400. The molecular weight excluding hydrogens is 347 g/mol. The molecule has 0 spiro atoms. The first-order valence-corrected chi connectivity index (χ1v) is 10.9. The lowest BCUT2D eigenvalue weighted by atomic mass is 10.2. The molecule has 0 bridgehead atoms. The van der Waals surface area contributed by atoms with Gasteiger partial charge in [-0.05, 0) is 55.0 Å². The van der Waals surface area contributed by atoms with Crippen LogP contribution in [0.1, 0.15) is 5.56 Å². The highest BCUT2D eigenvalue weighted by molar-refractivity contribution is 8.01. The minimum atomic E-state index is -2.11. The van der Waals surface area contributed by atoms with E-state index in [4.69, 9.17) is 0 Å². The molecular formula is C25H22OP+. The van der Waals surface area contributed by atoms with E-state index in [-0.39, 0.29) is 0 Å². The van der Waals surface area contributed by atoms with E-state index < -0.39 is 7.26 Å². The van der Waals surface area contributed by atoms with Crippen molar-refractivity contribution in [3.63, 3.8) is 0 Å². The van der Waals surface area contributed by atoms with E-state index >= 15 is 0 Å². The molecule has 0 fully saturated rings. The summed E-state index contributed by atoms with van der Waals surface area (Å²) in [6.45, 7) is 1.94. The second-order valence-electron chi connectivity index (χ2n) is 6.65. The van der Waals surface area contributed by atoms with Crippen molar-refractivity contribution in [1.82, 2.24) is 0 Å².